The van der Waals surface area contributed by atoms with Crippen LogP contribution in [0.5, 0.6) is 5.88 Å². The van der Waals surface area contributed by atoms with Gasteiger partial charge in [-0.2, -0.15) is 0 Å². The number of hydrogen-bond donors (Lipinski definition) is 1. The molecule has 0 radical (unpaired) electrons. The van der Waals surface area contributed by atoms with Gasteiger partial charge in [0, 0.05) is 24.3 Å². The second-order valence-corrected chi connectivity index (χ2v) is 11.2. The van der Waals surface area contributed by atoms with Crippen molar-refractivity contribution >= 4 is 27.4 Å². The maximum atomic E-state index is 14.5. The summed E-state index contributed by atoms with van der Waals surface area (Å²) < 4.78 is 49.2. The molecule has 1 N–H and O–H groups in total. The van der Waals surface area contributed by atoms with Gasteiger partial charge in [0.15, 0.2) is 9.84 Å². The molecule has 4 rings (SSSR count). The molecular weight excluding hydrogens is 463 g/mol. The first-order valence-electron chi connectivity index (χ1n) is 11.2. The number of hydrogen-bond acceptors (Lipinski definition) is 8. The summed E-state index contributed by atoms with van der Waals surface area (Å²) in [5, 5.41) is 2.88. The summed E-state index contributed by atoms with van der Waals surface area (Å²) in [5.41, 5.74) is 0.681. The molecule has 2 saturated heterocycles. The van der Waals surface area contributed by atoms with Crippen molar-refractivity contribution in [3.05, 3.63) is 35.9 Å². The van der Waals surface area contributed by atoms with E-state index in [2.05, 4.69) is 15.3 Å². The number of halogens is 1. The summed E-state index contributed by atoms with van der Waals surface area (Å²) in [5.74, 6) is 0.180. The van der Waals surface area contributed by atoms with Crippen molar-refractivity contribution in [3.63, 3.8) is 0 Å². The standard InChI is InChI=1S/C23H29FN4O5S/c1-13(2)33-23(29)28-16-5-8-20(28)15(9-16)11-32-22-14(3)21(25-12-26-22)27-19-7-6-17(10-18(19)24)34(4,30)31/h6-7,10,12-13,15-16,20H,5,8-9,11H2,1-4H3,(H,25,26,27). The second-order valence-electron chi connectivity index (χ2n) is 9.14. The fourth-order valence-corrected chi connectivity index (χ4v) is 5.32. The van der Waals surface area contributed by atoms with Crippen LogP contribution in [-0.2, 0) is 14.6 Å². The lowest BCUT2D eigenvalue weighted by Gasteiger charge is -2.25. The number of ether oxygens (including phenoxy) is 2. The fraction of sp³-hybridized carbons (Fsp3) is 0.522. The molecular formula is C23H29FN4O5S. The Bertz CT molecular complexity index is 1190. The summed E-state index contributed by atoms with van der Waals surface area (Å²) in [6.45, 7) is 5.83. The molecule has 2 aromatic rings. The van der Waals surface area contributed by atoms with Crippen molar-refractivity contribution in [2.45, 2.75) is 63.1 Å². The van der Waals surface area contributed by atoms with Crippen molar-refractivity contribution in [2.24, 2.45) is 5.92 Å². The molecule has 0 aliphatic carbocycles. The number of aromatic nitrogens is 2. The minimum absolute atomic E-state index is 0.0819. The SMILES string of the molecule is Cc1c(Nc2ccc(S(C)(=O)=O)cc2F)ncnc1OCC1CC2CCC1N2C(=O)OC(C)C. The predicted octanol–water partition coefficient (Wildman–Crippen LogP) is 3.85. The van der Waals surface area contributed by atoms with E-state index in [1.807, 2.05) is 18.7 Å². The summed E-state index contributed by atoms with van der Waals surface area (Å²) in [7, 11) is -3.51. The van der Waals surface area contributed by atoms with E-state index in [-0.39, 0.29) is 40.8 Å². The average Bonchev–Trinajstić information content (AvgIpc) is 3.32. The predicted molar refractivity (Wildman–Crippen MR) is 123 cm³/mol. The monoisotopic (exact) mass is 492 g/mol. The van der Waals surface area contributed by atoms with Gasteiger partial charge in [-0.1, -0.05) is 0 Å². The summed E-state index contributed by atoms with van der Waals surface area (Å²) in [6.07, 6.45) is 4.66. The highest BCUT2D eigenvalue weighted by Gasteiger charge is 2.49. The average molecular weight is 493 g/mol. The van der Waals surface area contributed by atoms with E-state index in [0.717, 1.165) is 31.6 Å². The zero-order chi connectivity index (χ0) is 24.6. The van der Waals surface area contributed by atoms with Crippen LogP contribution in [0.25, 0.3) is 0 Å². The highest BCUT2D eigenvalue weighted by molar-refractivity contribution is 7.90. The molecule has 11 heteroatoms. The number of fused-ring (bicyclic) bond motifs is 2. The Morgan fingerprint density at radius 3 is 2.74 bits per heavy atom. The van der Waals surface area contributed by atoms with Crippen LogP contribution in [-0.4, -0.2) is 60.4 Å². The summed E-state index contributed by atoms with van der Waals surface area (Å²) in [6, 6.07) is 3.91. The number of anilines is 2. The molecule has 0 spiro atoms. The third kappa shape index (κ3) is 4.94. The van der Waals surface area contributed by atoms with Gasteiger partial charge in [0.1, 0.15) is 18.0 Å². The fourth-order valence-electron chi connectivity index (χ4n) is 4.69. The number of rotatable bonds is 7. The Hall–Kier alpha value is -2.95. The van der Waals surface area contributed by atoms with E-state index in [1.165, 1.54) is 18.5 Å². The van der Waals surface area contributed by atoms with E-state index in [1.54, 1.807) is 6.92 Å². The molecule has 3 heterocycles. The molecule has 1 aromatic carbocycles. The Kier molecular flexibility index (Phi) is 6.66. The minimum Gasteiger partial charge on any atom is -0.477 e. The molecule has 2 aliphatic heterocycles. The minimum atomic E-state index is -3.51. The van der Waals surface area contributed by atoms with Gasteiger partial charge in [0.05, 0.1) is 28.9 Å². The first-order valence-corrected chi connectivity index (χ1v) is 13.1. The zero-order valence-corrected chi connectivity index (χ0v) is 20.4. The zero-order valence-electron chi connectivity index (χ0n) is 19.6. The molecule has 2 bridgehead atoms. The first kappa shape index (κ1) is 24.2. The molecule has 3 atom stereocenters. The second kappa shape index (κ2) is 9.36. The molecule has 2 fully saturated rings. The molecule has 34 heavy (non-hydrogen) atoms. The van der Waals surface area contributed by atoms with E-state index in [0.29, 0.717) is 23.9 Å². The quantitative estimate of drug-likeness (QED) is 0.621. The van der Waals surface area contributed by atoms with Gasteiger partial charge in [-0.25, -0.2) is 27.6 Å². The van der Waals surface area contributed by atoms with Crippen LogP contribution >= 0.6 is 0 Å². The van der Waals surface area contributed by atoms with Crippen LogP contribution in [0.2, 0.25) is 0 Å². The largest absolute Gasteiger partial charge is 0.477 e. The lowest BCUT2D eigenvalue weighted by atomic mass is 9.90. The van der Waals surface area contributed by atoms with Crippen molar-refractivity contribution in [3.8, 4) is 5.88 Å². The Labute approximate surface area is 198 Å². The highest BCUT2D eigenvalue weighted by atomic mass is 32.2. The Morgan fingerprint density at radius 1 is 1.29 bits per heavy atom. The number of sulfone groups is 1. The highest BCUT2D eigenvalue weighted by Crippen LogP contribution is 2.42. The van der Waals surface area contributed by atoms with Crippen molar-refractivity contribution in [1.29, 1.82) is 0 Å². The van der Waals surface area contributed by atoms with Crippen LogP contribution in [0.15, 0.2) is 29.4 Å². The van der Waals surface area contributed by atoms with Gasteiger partial charge in [-0.15, -0.1) is 0 Å². The summed E-state index contributed by atoms with van der Waals surface area (Å²) in [4.78, 5) is 22.6. The number of carbonyl (C=O) groups is 1. The van der Waals surface area contributed by atoms with Crippen molar-refractivity contribution < 1.29 is 27.1 Å². The van der Waals surface area contributed by atoms with Crippen molar-refractivity contribution in [2.75, 3.05) is 18.2 Å². The molecule has 9 nitrogen and oxygen atoms in total. The van der Waals surface area contributed by atoms with Crippen LogP contribution < -0.4 is 10.1 Å². The number of nitrogens with zero attached hydrogens (tertiary/aromatic N) is 3. The molecule has 1 amide bonds. The lowest BCUT2D eigenvalue weighted by Crippen LogP contribution is -2.38. The smallest absolute Gasteiger partial charge is 0.410 e. The van der Waals surface area contributed by atoms with E-state index >= 15 is 0 Å². The molecule has 1 aromatic heterocycles. The van der Waals surface area contributed by atoms with Crippen LogP contribution in [0.4, 0.5) is 20.7 Å². The maximum absolute atomic E-state index is 14.5. The normalized spacial score (nSPS) is 21.7. The van der Waals surface area contributed by atoms with Gasteiger partial charge in [0.25, 0.3) is 0 Å². The van der Waals surface area contributed by atoms with E-state index in [4.69, 9.17) is 9.47 Å². The van der Waals surface area contributed by atoms with Crippen LogP contribution in [0.1, 0.15) is 38.7 Å². The number of carbonyl (C=O) groups excluding carboxylic acids is 1. The Balaban J connectivity index is 1.43. The van der Waals surface area contributed by atoms with E-state index in [9.17, 15) is 17.6 Å². The van der Waals surface area contributed by atoms with Gasteiger partial charge >= 0.3 is 6.09 Å². The molecule has 0 saturated carbocycles. The van der Waals surface area contributed by atoms with Crippen LogP contribution in [0, 0.1) is 18.7 Å². The van der Waals surface area contributed by atoms with E-state index < -0.39 is 15.7 Å². The van der Waals surface area contributed by atoms with Crippen LogP contribution in [0.3, 0.4) is 0 Å². The van der Waals surface area contributed by atoms with Gasteiger partial charge in [0.2, 0.25) is 5.88 Å². The molecule has 2 aliphatic rings. The molecule has 184 valence electrons. The van der Waals surface area contributed by atoms with Gasteiger partial charge in [-0.05, 0) is 58.2 Å². The third-order valence-corrected chi connectivity index (χ3v) is 7.42. The lowest BCUT2D eigenvalue weighted by molar-refractivity contribution is 0.0686. The maximum Gasteiger partial charge on any atom is 0.410 e. The number of nitrogens with one attached hydrogen (secondary N) is 1. The van der Waals surface area contributed by atoms with Crippen molar-refractivity contribution in [1.82, 2.24) is 14.9 Å². The van der Waals surface area contributed by atoms with Gasteiger partial charge < -0.3 is 19.7 Å². The Morgan fingerprint density at radius 2 is 2.06 bits per heavy atom. The topological polar surface area (TPSA) is 111 Å². The number of benzene rings is 1. The third-order valence-electron chi connectivity index (χ3n) is 6.31. The number of amides is 1. The summed E-state index contributed by atoms with van der Waals surface area (Å²) >= 11 is 0. The molecule has 3 unspecified atom stereocenters. The van der Waals surface area contributed by atoms with Gasteiger partial charge in [-0.3, -0.25) is 0 Å². The first-order chi connectivity index (χ1) is 16.0.